The summed E-state index contributed by atoms with van der Waals surface area (Å²) < 4.78 is 19.6. The van der Waals surface area contributed by atoms with E-state index in [2.05, 4.69) is 11.2 Å². The normalized spacial score (nSPS) is 21.9. The van der Waals surface area contributed by atoms with E-state index in [0.29, 0.717) is 25.4 Å². The molecule has 176 valence electrons. The highest BCUT2D eigenvalue weighted by Gasteiger charge is 2.52. The zero-order valence-electron chi connectivity index (χ0n) is 20.6. The average molecular weight is 444 g/mol. The Hall–Kier alpha value is -2.05. The topological polar surface area (TPSA) is 89.6 Å². The van der Waals surface area contributed by atoms with Crippen molar-refractivity contribution >= 4 is 18.7 Å². The molecule has 0 N–H and O–H groups in total. The number of carbonyl (C=O) groups excluding carboxylic acids is 1. The lowest BCUT2D eigenvalue weighted by molar-refractivity contribution is 0.00578. The number of nitrogens with zero attached hydrogens (tertiary/aromatic N) is 4. The summed E-state index contributed by atoms with van der Waals surface area (Å²) in [5.41, 5.74) is -0.436. The molecule has 3 rings (SSSR count). The molecule has 0 spiro atoms. The molecule has 32 heavy (non-hydrogen) atoms. The van der Waals surface area contributed by atoms with Gasteiger partial charge in [-0.15, -0.1) is 0 Å². The van der Waals surface area contributed by atoms with Crippen LogP contribution in [0.5, 0.6) is 0 Å². The molecule has 0 bridgehead atoms. The molecule has 3 heterocycles. The number of hydrogen-bond acceptors (Lipinski definition) is 6. The zero-order valence-corrected chi connectivity index (χ0v) is 20.6. The maximum absolute atomic E-state index is 12.3. The summed E-state index contributed by atoms with van der Waals surface area (Å²) in [5, 5.41) is 13.9. The molecule has 0 saturated carbocycles. The first-order valence-corrected chi connectivity index (χ1v) is 11.6. The SMILES string of the molecule is CC(C)(C)OC(=O)N1CCC(CC(CC#N)n2cc(B3OC(C)(C)C(C)(C)O3)cn2)CC1. The van der Waals surface area contributed by atoms with Gasteiger partial charge in [0.25, 0.3) is 0 Å². The molecule has 9 heteroatoms. The van der Waals surface area contributed by atoms with E-state index in [1.54, 1.807) is 11.1 Å². The van der Waals surface area contributed by atoms with Crippen molar-refractivity contribution in [2.75, 3.05) is 13.1 Å². The lowest BCUT2D eigenvalue weighted by Crippen LogP contribution is -2.42. The molecular weight excluding hydrogens is 407 g/mol. The van der Waals surface area contributed by atoms with E-state index >= 15 is 0 Å². The van der Waals surface area contributed by atoms with E-state index in [1.807, 2.05) is 59.3 Å². The van der Waals surface area contributed by atoms with E-state index in [-0.39, 0.29) is 12.1 Å². The molecular formula is C23H37BN4O4. The molecule has 1 atom stereocenters. The van der Waals surface area contributed by atoms with Crippen LogP contribution < -0.4 is 5.46 Å². The third-order valence-electron chi connectivity index (χ3n) is 6.72. The third kappa shape index (κ3) is 5.65. The Kier molecular flexibility index (Phi) is 6.97. The highest BCUT2D eigenvalue weighted by atomic mass is 16.7. The molecule has 2 aliphatic rings. The van der Waals surface area contributed by atoms with Crippen LogP contribution >= 0.6 is 0 Å². The van der Waals surface area contributed by atoms with E-state index in [1.165, 1.54) is 0 Å². The maximum Gasteiger partial charge on any atom is 0.498 e. The predicted octanol–water partition coefficient (Wildman–Crippen LogP) is 3.67. The van der Waals surface area contributed by atoms with Crippen molar-refractivity contribution in [1.82, 2.24) is 14.7 Å². The number of piperidine rings is 1. The number of nitriles is 1. The van der Waals surface area contributed by atoms with Crippen LogP contribution in [0.1, 0.15) is 80.2 Å². The van der Waals surface area contributed by atoms with Crippen LogP contribution in [0.15, 0.2) is 12.4 Å². The van der Waals surface area contributed by atoms with Gasteiger partial charge in [0.05, 0.1) is 29.7 Å². The minimum atomic E-state index is -0.485. The number of hydrogen-bond donors (Lipinski definition) is 0. The van der Waals surface area contributed by atoms with Gasteiger partial charge in [-0.1, -0.05) is 0 Å². The first kappa shape index (κ1) is 24.6. The lowest BCUT2D eigenvalue weighted by Gasteiger charge is -2.34. The van der Waals surface area contributed by atoms with Gasteiger partial charge in [-0.3, -0.25) is 4.68 Å². The Labute approximate surface area is 192 Å². The first-order chi connectivity index (χ1) is 14.8. The lowest BCUT2D eigenvalue weighted by atomic mass is 9.82. The average Bonchev–Trinajstić information content (AvgIpc) is 3.23. The van der Waals surface area contributed by atoms with E-state index in [4.69, 9.17) is 14.0 Å². The van der Waals surface area contributed by atoms with E-state index in [9.17, 15) is 10.1 Å². The third-order valence-corrected chi connectivity index (χ3v) is 6.72. The quantitative estimate of drug-likeness (QED) is 0.644. The smallest absolute Gasteiger partial charge is 0.444 e. The molecule has 0 aromatic carbocycles. The van der Waals surface area contributed by atoms with Gasteiger partial charge in [0.1, 0.15) is 5.60 Å². The summed E-state index contributed by atoms with van der Waals surface area (Å²) in [7, 11) is -0.464. The molecule has 1 amide bonds. The van der Waals surface area contributed by atoms with Crippen molar-refractivity contribution in [3.05, 3.63) is 12.4 Å². The minimum absolute atomic E-state index is 0.0192. The van der Waals surface area contributed by atoms with Crippen LogP contribution in [0.2, 0.25) is 0 Å². The Morgan fingerprint density at radius 1 is 1.28 bits per heavy atom. The fraction of sp³-hybridized carbons (Fsp3) is 0.783. The van der Waals surface area contributed by atoms with Gasteiger partial charge in [0, 0.05) is 30.9 Å². The summed E-state index contributed by atoms with van der Waals surface area (Å²) in [4.78, 5) is 14.1. The van der Waals surface area contributed by atoms with Crippen molar-refractivity contribution in [1.29, 1.82) is 5.26 Å². The van der Waals surface area contributed by atoms with Gasteiger partial charge in [-0.2, -0.15) is 10.4 Å². The highest BCUT2D eigenvalue weighted by molar-refractivity contribution is 6.62. The van der Waals surface area contributed by atoms with Crippen LogP contribution in [0.25, 0.3) is 0 Å². The van der Waals surface area contributed by atoms with Crippen molar-refractivity contribution in [2.45, 2.75) is 97.0 Å². The fourth-order valence-electron chi connectivity index (χ4n) is 4.11. The molecule has 1 aromatic rings. The number of rotatable bonds is 5. The minimum Gasteiger partial charge on any atom is -0.444 e. The van der Waals surface area contributed by atoms with E-state index < -0.39 is 23.9 Å². The summed E-state index contributed by atoms with van der Waals surface area (Å²) in [6, 6.07) is 2.29. The molecule has 1 unspecified atom stereocenters. The Bertz CT molecular complexity index is 831. The number of likely N-dealkylation sites (tertiary alicyclic amines) is 1. The summed E-state index contributed by atoms with van der Waals surface area (Å²) in [6.07, 6.45) is 6.50. The van der Waals surface area contributed by atoms with Gasteiger partial charge in [-0.05, 0) is 73.6 Å². The molecule has 8 nitrogen and oxygen atoms in total. The monoisotopic (exact) mass is 444 g/mol. The second kappa shape index (κ2) is 9.07. The Balaban J connectivity index is 1.59. The molecule has 2 fully saturated rings. The number of amides is 1. The largest absolute Gasteiger partial charge is 0.498 e. The van der Waals surface area contributed by atoms with Gasteiger partial charge >= 0.3 is 13.2 Å². The Morgan fingerprint density at radius 3 is 2.41 bits per heavy atom. The summed E-state index contributed by atoms with van der Waals surface area (Å²) in [5.74, 6) is 0.427. The highest BCUT2D eigenvalue weighted by Crippen LogP contribution is 2.36. The summed E-state index contributed by atoms with van der Waals surface area (Å²) in [6.45, 7) is 15.1. The van der Waals surface area contributed by atoms with Crippen molar-refractivity contribution in [3.8, 4) is 6.07 Å². The number of aromatic nitrogens is 2. The zero-order chi connectivity index (χ0) is 23.7. The Morgan fingerprint density at radius 2 is 1.88 bits per heavy atom. The molecule has 2 aliphatic heterocycles. The van der Waals surface area contributed by atoms with Gasteiger partial charge < -0.3 is 18.9 Å². The second-order valence-corrected chi connectivity index (χ2v) is 11.0. The predicted molar refractivity (Wildman–Crippen MR) is 122 cm³/mol. The van der Waals surface area contributed by atoms with Gasteiger partial charge in [-0.25, -0.2) is 4.79 Å². The van der Waals surface area contributed by atoms with Crippen molar-refractivity contribution in [3.63, 3.8) is 0 Å². The summed E-state index contributed by atoms with van der Waals surface area (Å²) >= 11 is 0. The van der Waals surface area contributed by atoms with Crippen LogP contribution in [-0.4, -0.2) is 57.8 Å². The molecule has 1 aromatic heterocycles. The van der Waals surface area contributed by atoms with Gasteiger partial charge in [0.2, 0.25) is 0 Å². The maximum atomic E-state index is 12.3. The van der Waals surface area contributed by atoms with E-state index in [0.717, 1.165) is 24.7 Å². The standard InChI is InChI=1S/C23H37BN4O4/c1-21(2,3)30-20(29)27-12-9-17(10-13-27)14-19(8-11-25)28-16-18(15-26-28)24-31-22(4,5)23(6,7)32-24/h15-17,19H,8-10,12-14H2,1-7H3. The molecule has 2 saturated heterocycles. The van der Waals surface area contributed by atoms with Crippen molar-refractivity contribution < 1.29 is 18.8 Å². The fourth-order valence-corrected chi connectivity index (χ4v) is 4.11. The number of carbonyl (C=O) groups is 1. The van der Waals surface area contributed by atoms with Crippen LogP contribution in [0.4, 0.5) is 4.79 Å². The second-order valence-electron chi connectivity index (χ2n) is 11.0. The molecule has 0 aliphatic carbocycles. The molecule has 0 radical (unpaired) electrons. The first-order valence-electron chi connectivity index (χ1n) is 11.6. The number of ether oxygens (including phenoxy) is 1. The van der Waals surface area contributed by atoms with Crippen LogP contribution in [0, 0.1) is 17.2 Å². The van der Waals surface area contributed by atoms with Gasteiger partial charge in [0.15, 0.2) is 0 Å². The van der Waals surface area contributed by atoms with Crippen molar-refractivity contribution in [2.24, 2.45) is 5.92 Å². The van der Waals surface area contributed by atoms with Crippen LogP contribution in [-0.2, 0) is 14.0 Å². The van der Waals surface area contributed by atoms with Crippen LogP contribution in [0.3, 0.4) is 0 Å².